The van der Waals surface area contributed by atoms with Gasteiger partial charge in [-0.1, -0.05) is 0 Å². The molecular formula is C6H6Ni-. The van der Waals surface area contributed by atoms with Crippen LogP contribution in [-0.2, 0) is 16.5 Å². The maximum absolute atomic E-state index is 2.89. The zero-order valence-electron chi connectivity index (χ0n) is 3.72. The Labute approximate surface area is 53.5 Å². The molecule has 1 rings (SSSR count). The Morgan fingerprint density at radius 2 is 1.43 bits per heavy atom. The largest absolute Gasteiger partial charge is 0.184 e. The summed E-state index contributed by atoms with van der Waals surface area (Å²) in [6.45, 7) is 0. The molecule has 1 heteroatoms. The van der Waals surface area contributed by atoms with Crippen molar-refractivity contribution in [3.05, 3.63) is 36.4 Å². The van der Waals surface area contributed by atoms with Crippen molar-refractivity contribution in [3.8, 4) is 0 Å². The summed E-state index contributed by atoms with van der Waals surface area (Å²) in [5.74, 6) is 0. The number of hydrogen-bond acceptors (Lipinski definition) is 0. The van der Waals surface area contributed by atoms with E-state index < -0.39 is 0 Å². The topological polar surface area (TPSA) is 0 Å². The van der Waals surface area contributed by atoms with E-state index in [1.807, 2.05) is 30.3 Å². The molecule has 0 nitrogen and oxygen atoms in total. The van der Waals surface area contributed by atoms with Gasteiger partial charge in [0.2, 0.25) is 0 Å². The number of benzene rings is 1. The summed E-state index contributed by atoms with van der Waals surface area (Å²) in [4.78, 5) is 0. The van der Waals surface area contributed by atoms with Gasteiger partial charge < -0.3 is 0 Å². The molecule has 0 saturated carbocycles. The van der Waals surface area contributed by atoms with Gasteiger partial charge in [0.1, 0.15) is 0 Å². The molecule has 0 N–H and O–H groups in total. The zero-order chi connectivity index (χ0) is 4.24. The third-order valence-corrected chi connectivity index (χ3v) is 0.607. The average molecular weight is 137 g/mol. The maximum atomic E-state index is 2.89. The second-order valence-corrected chi connectivity index (χ2v) is 1.08. The van der Waals surface area contributed by atoms with Crippen molar-refractivity contribution in [1.29, 1.82) is 0 Å². The minimum absolute atomic E-state index is 0. The molecule has 1 aromatic carbocycles. The van der Waals surface area contributed by atoms with Gasteiger partial charge >= 0.3 is 16.5 Å². The summed E-state index contributed by atoms with van der Waals surface area (Å²) in [7, 11) is 0. The molecule has 0 aliphatic rings. The molecule has 0 bridgehead atoms. The van der Waals surface area contributed by atoms with Crippen LogP contribution >= 0.6 is 0 Å². The first-order valence-electron chi connectivity index (χ1n) is 1.91. The zero-order valence-corrected chi connectivity index (χ0v) is 4.76. The van der Waals surface area contributed by atoms with Crippen LogP contribution in [0.5, 0.6) is 0 Å². The van der Waals surface area contributed by atoms with Crippen molar-refractivity contribution in [2.24, 2.45) is 0 Å². The quantitative estimate of drug-likeness (QED) is 0.372. The van der Waals surface area contributed by atoms with E-state index >= 15 is 0 Å². The van der Waals surface area contributed by atoms with E-state index in [-0.39, 0.29) is 16.5 Å². The van der Waals surface area contributed by atoms with E-state index in [0.717, 1.165) is 0 Å². The van der Waals surface area contributed by atoms with E-state index in [4.69, 9.17) is 0 Å². The molecule has 0 heterocycles. The summed E-state index contributed by atoms with van der Waals surface area (Å²) in [6.07, 6.45) is 0. The predicted octanol–water partition coefficient (Wildman–Crippen LogP) is 1.22. The van der Waals surface area contributed by atoms with Crippen LogP contribution in [-0.4, -0.2) is 0 Å². The molecule has 0 fully saturated rings. The molecule has 41 valence electrons. The second kappa shape index (κ2) is 3.89. The molecule has 0 aliphatic carbocycles. The van der Waals surface area contributed by atoms with E-state index in [1.165, 1.54) is 0 Å². The third-order valence-electron chi connectivity index (χ3n) is 0.607. The Bertz CT molecular complexity index is 76.1. The first kappa shape index (κ1) is 6.71. The molecule has 0 amide bonds. The predicted molar refractivity (Wildman–Crippen MR) is 26.7 cm³/mol. The number of rotatable bonds is 0. The van der Waals surface area contributed by atoms with Gasteiger partial charge in [0, 0.05) is 0 Å². The van der Waals surface area contributed by atoms with E-state index in [9.17, 15) is 0 Å². The van der Waals surface area contributed by atoms with Gasteiger partial charge in [0.15, 0.2) is 0 Å². The molecule has 0 aliphatic heterocycles. The average Bonchev–Trinajstić information content (AvgIpc) is 1.72. The van der Waals surface area contributed by atoms with E-state index in [2.05, 4.69) is 6.07 Å². The van der Waals surface area contributed by atoms with Crippen LogP contribution in [0.15, 0.2) is 30.3 Å². The van der Waals surface area contributed by atoms with Crippen LogP contribution < -0.4 is 0 Å². The Morgan fingerprint density at radius 1 is 0.857 bits per heavy atom. The summed E-state index contributed by atoms with van der Waals surface area (Å²) in [5.41, 5.74) is 0. The van der Waals surface area contributed by atoms with Gasteiger partial charge in [-0.2, -0.15) is 36.4 Å². The van der Waals surface area contributed by atoms with Crippen LogP contribution in [0.25, 0.3) is 0 Å². The van der Waals surface area contributed by atoms with E-state index in [0.29, 0.717) is 0 Å². The Morgan fingerprint density at radius 3 is 1.57 bits per heavy atom. The van der Waals surface area contributed by atoms with Gasteiger partial charge in [-0.25, -0.2) is 0 Å². The Hall–Kier alpha value is -0.286. The summed E-state index contributed by atoms with van der Waals surface area (Å²) in [6, 6.07) is 12.5. The van der Waals surface area contributed by atoms with E-state index in [1.54, 1.807) is 0 Å². The monoisotopic (exact) mass is 136 g/mol. The number of hydrogen-bond donors (Lipinski definition) is 0. The van der Waals surface area contributed by atoms with Crippen molar-refractivity contribution >= 4 is 0 Å². The molecule has 0 radical (unpaired) electrons. The first-order valence-corrected chi connectivity index (χ1v) is 1.91. The normalized spacial score (nSPS) is 6.86. The van der Waals surface area contributed by atoms with Gasteiger partial charge in [-0.15, -0.1) is 0 Å². The van der Waals surface area contributed by atoms with Crippen LogP contribution in [0.1, 0.15) is 0 Å². The molecule has 0 spiro atoms. The molecule has 1 aromatic rings. The first-order chi connectivity index (χ1) is 3.00. The third kappa shape index (κ3) is 2.41. The van der Waals surface area contributed by atoms with Crippen LogP contribution in [0, 0.1) is 6.07 Å². The molecular weight excluding hydrogens is 131 g/mol. The fraction of sp³-hybridized carbons (Fsp3) is 0. The fourth-order valence-corrected chi connectivity index (χ4v) is 0.342. The minimum atomic E-state index is 0. The van der Waals surface area contributed by atoms with Gasteiger partial charge in [-0.05, 0) is 0 Å². The smallest absolute Gasteiger partial charge is 0.171 e. The van der Waals surface area contributed by atoms with Crippen LogP contribution in [0.3, 0.4) is 0 Å². The van der Waals surface area contributed by atoms with Gasteiger partial charge in [0.25, 0.3) is 0 Å². The summed E-state index contributed by atoms with van der Waals surface area (Å²) >= 11 is 0. The second-order valence-electron chi connectivity index (χ2n) is 1.08. The summed E-state index contributed by atoms with van der Waals surface area (Å²) < 4.78 is 0. The summed E-state index contributed by atoms with van der Waals surface area (Å²) in [5, 5.41) is 0. The Kier molecular flexibility index (Phi) is 3.73. The van der Waals surface area contributed by atoms with Gasteiger partial charge in [-0.3, -0.25) is 0 Å². The molecule has 0 unspecified atom stereocenters. The van der Waals surface area contributed by atoms with Crippen molar-refractivity contribution in [1.82, 2.24) is 0 Å². The van der Waals surface area contributed by atoms with Crippen molar-refractivity contribution < 1.29 is 16.5 Å². The van der Waals surface area contributed by atoms with Crippen molar-refractivity contribution in [2.75, 3.05) is 0 Å². The SMILES string of the molecule is [NiH].[c-]1ccccc1. The molecule has 0 saturated heterocycles. The maximum Gasteiger partial charge on any atom is -0.171 e. The molecule has 0 aromatic heterocycles. The minimum Gasteiger partial charge on any atom is -0.184 e. The molecule has 0 atom stereocenters. The van der Waals surface area contributed by atoms with Crippen LogP contribution in [0.2, 0.25) is 0 Å². The van der Waals surface area contributed by atoms with Crippen molar-refractivity contribution in [2.45, 2.75) is 0 Å². The standard InChI is InChI=1S/C6H5.Ni.H/c1-2-4-6-5-3-1;;/h1-5H;;/q-1;;. The van der Waals surface area contributed by atoms with Crippen molar-refractivity contribution in [3.63, 3.8) is 0 Å². The van der Waals surface area contributed by atoms with Gasteiger partial charge in [0.05, 0.1) is 0 Å². The fourth-order valence-electron chi connectivity index (χ4n) is 0.342. The molecule has 7 heavy (non-hydrogen) atoms. The van der Waals surface area contributed by atoms with Crippen LogP contribution in [0.4, 0.5) is 0 Å². The Balaban J connectivity index is 0.000000360.